The molecule has 2 N–H and O–H groups in total. The Bertz CT molecular complexity index is 208. The van der Waals surface area contributed by atoms with Crippen molar-refractivity contribution in [1.82, 2.24) is 10.6 Å². The lowest BCUT2D eigenvalue weighted by Crippen LogP contribution is -2.44. The monoisotopic (exact) mass is 184 g/mol. The van der Waals surface area contributed by atoms with Crippen LogP contribution in [0, 0.1) is 0 Å². The first-order chi connectivity index (χ1) is 6.29. The standard InChI is InChI=1S/C9H16N2O2/c1-10-5-9(12)11-7-4-6-2-3-8(7)13-6/h6-8,10H,2-5H2,1H3,(H,11,12). The van der Waals surface area contributed by atoms with E-state index in [1.807, 2.05) is 0 Å². The van der Waals surface area contributed by atoms with Crippen molar-refractivity contribution >= 4 is 5.91 Å². The molecule has 0 aromatic heterocycles. The summed E-state index contributed by atoms with van der Waals surface area (Å²) in [6.45, 7) is 0.397. The number of carbonyl (C=O) groups excluding carboxylic acids is 1. The van der Waals surface area contributed by atoms with E-state index in [-0.39, 0.29) is 18.1 Å². The van der Waals surface area contributed by atoms with Gasteiger partial charge in [0.15, 0.2) is 0 Å². The van der Waals surface area contributed by atoms with Gasteiger partial charge in [0.05, 0.1) is 24.8 Å². The van der Waals surface area contributed by atoms with E-state index in [0.29, 0.717) is 12.6 Å². The normalized spacial score (nSPS) is 36.5. The lowest BCUT2D eigenvalue weighted by molar-refractivity contribution is -0.121. The summed E-state index contributed by atoms with van der Waals surface area (Å²) in [7, 11) is 1.77. The van der Waals surface area contributed by atoms with Crippen LogP contribution in [0.5, 0.6) is 0 Å². The number of ether oxygens (including phenoxy) is 1. The van der Waals surface area contributed by atoms with Gasteiger partial charge < -0.3 is 15.4 Å². The topological polar surface area (TPSA) is 50.4 Å². The largest absolute Gasteiger partial charge is 0.373 e. The Kier molecular flexibility index (Phi) is 2.51. The Morgan fingerprint density at radius 3 is 2.92 bits per heavy atom. The highest BCUT2D eigenvalue weighted by Gasteiger charge is 2.41. The van der Waals surface area contributed by atoms with E-state index in [9.17, 15) is 4.79 Å². The first-order valence-electron chi connectivity index (χ1n) is 4.89. The molecule has 4 nitrogen and oxygen atoms in total. The highest BCUT2D eigenvalue weighted by Crippen LogP contribution is 2.34. The summed E-state index contributed by atoms with van der Waals surface area (Å²) in [6, 6.07) is 0.264. The lowest BCUT2D eigenvalue weighted by Gasteiger charge is -2.19. The van der Waals surface area contributed by atoms with E-state index in [4.69, 9.17) is 4.74 Å². The van der Waals surface area contributed by atoms with Crippen LogP contribution in [0.1, 0.15) is 19.3 Å². The summed E-state index contributed by atoms with van der Waals surface area (Å²) in [5.74, 6) is 0.0728. The number of hydrogen-bond acceptors (Lipinski definition) is 3. The van der Waals surface area contributed by atoms with Crippen molar-refractivity contribution in [3.63, 3.8) is 0 Å². The van der Waals surface area contributed by atoms with Gasteiger partial charge in [-0.3, -0.25) is 4.79 Å². The van der Waals surface area contributed by atoms with Gasteiger partial charge in [0, 0.05) is 0 Å². The van der Waals surface area contributed by atoms with Gasteiger partial charge in [0.1, 0.15) is 0 Å². The SMILES string of the molecule is CNCC(=O)NC1CC2CCC1O2. The summed E-state index contributed by atoms with van der Waals surface area (Å²) < 4.78 is 5.63. The molecule has 13 heavy (non-hydrogen) atoms. The molecule has 2 fully saturated rings. The molecule has 2 heterocycles. The van der Waals surface area contributed by atoms with E-state index in [1.165, 1.54) is 6.42 Å². The van der Waals surface area contributed by atoms with Crippen molar-refractivity contribution in [3.8, 4) is 0 Å². The second-order valence-electron chi connectivity index (χ2n) is 3.81. The molecule has 4 heteroatoms. The molecule has 74 valence electrons. The van der Waals surface area contributed by atoms with Crippen molar-refractivity contribution in [2.75, 3.05) is 13.6 Å². The van der Waals surface area contributed by atoms with E-state index in [1.54, 1.807) is 7.05 Å². The van der Waals surface area contributed by atoms with Gasteiger partial charge in [0.25, 0.3) is 0 Å². The Hall–Kier alpha value is -0.610. The maximum absolute atomic E-state index is 11.2. The van der Waals surface area contributed by atoms with Crippen molar-refractivity contribution in [2.24, 2.45) is 0 Å². The van der Waals surface area contributed by atoms with Gasteiger partial charge in [-0.1, -0.05) is 0 Å². The smallest absolute Gasteiger partial charge is 0.234 e. The Balaban J connectivity index is 1.79. The van der Waals surface area contributed by atoms with Gasteiger partial charge in [-0.25, -0.2) is 0 Å². The summed E-state index contributed by atoms with van der Waals surface area (Å²) in [6.07, 6.45) is 3.97. The minimum atomic E-state index is 0.0728. The van der Waals surface area contributed by atoms with Crippen LogP contribution < -0.4 is 10.6 Å². The summed E-state index contributed by atoms with van der Waals surface area (Å²) >= 11 is 0. The fourth-order valence-corrected chi connectivity index (χ4v) is 2.21. The third kappa shape index (κ3) is 1.84. The van der Waals surface area contributed by atoms with Crippen LogP contribution in [0.2, 0.25) is 0 Å². The zero-order valence-corrected chi connectivity index (χ0v) is 7.88. The average molecular weight is 184 g/mol. The second-order valence-corrected chi connectivity index (χ2v) is 3.81. The maximum Gasteiger partial charge on any atom is 0.234 e. The number of amides is 1. The maximum atomic E-state index is 11.2. The molecule has 0 saturated carbocycles. The zero-order chi connectivity index (χ0) is 9.26. The van der Waals surface area contributed by atoms with Crippen LogP contribution in [0.4, 0.5) is 0 Å². The molecule has 2 rings (SSSR count). The third-order valence-corrected chi connectivity index (χ3v) is 2.79. The second kappa shape index (κ2) is 3.64. The minimum Gasteiger partial charge on any atom is -0.373 e. The van der Waals surface area contributed by atoms with Crippen LogP contribution >= 0.6 is 0 Å². The number of nitrogens with one attached hydrogen (secondary N) is 2. The third-order valence-electron chi connectivity index (χ3n) is 2.79. The number of carbonyl (C=O) groups is 1. The summed E-state index contributed by atoms with van der Waals surface area (Å²) in [5, 5.41) is 5.82. The van der Waals surface area contributed by atoms with E-state index < -0.39 is 0 Å². The molecular formula is C9H16N2O2. The molecule has 0 radical (unpaired) electrons. The Morgan fingerprint density at radius 2 is 2.38 bits per heavy atom. The molecule has 1 amide bonds. The predicted molar refractivity (Wildman–Crippen MR) is 48.4 cm³/mol. The number of fused-ring (bicyclic) bond motifs is 2. The van der Waals surface area contributed by atoms with Crippen molar-refractivity contribution in [2.45, 2.75) is 37.5 Å². The van der Waals surface area contributed by atoms with Crippen molar-refractivity contribution < 1.29 is 9.53 Å². The molecule has 3 atom stereocenters. The number of rotatable bonds is 3. The molecule has 0 spiro atoms. The molecule has 0 aromatic carbocycles. The first kappa shape index (κ1) is 8.97. The van der Waals surface area contributed by atoms with Crippen LogP contribution in [0.25, 0.3) is 0 Å². The Labute approximate surface area is 78.0 Å². The first-order valence-corrected chi connectivity index (χ1v) is 4.89. The van der Waals surface area contributed by atoms with E-state index in [0.717, 1.165) is 12.8 Å². The average Bonchev–Trinajstić information content (AvgIpc) is 2.65. The van der Waals surface area contributed by atoms with Crippen LogP contribution in [-0.2, 0) is 9.53 Å². The summed E-state index contributed by atoms with van der Waals surface area (Å²) in [4.78, 5) is 11.2. The molecule has 3 unspecified atom stereocenters. The van der Waals surface area contributed by atoms with Crippen molar-refractivity contribution in [3.05, 3.63) is 0 Å². The van der Waals surface area contributed by atoms with Gasteiger partial charge in [-0.2, -0.15) is 0 Å². The van der Waals surface area contributed by atoms with Crippen molar-refractivity contribution in [1.29, 1.82) is 0 Å². The molecule has 2 aliphatic heterocycles. The van der Waals surface area contributed by atoms with E-state index >= 15 is 0 Å². The van der Waals surface area contributed by atoms with Crippen LogP contribution in [0.3, 0.4) is 0 Å². The molecular weight excluding hydrogens is 168 g/mol. The Morgan fingerprint density at radius 1 is 1.54 bits per heavy atom. The molecule has 0 aliphatic carbocycles. The van der Waals surface area contributed by atoms with Crippen LogP contribution in [-0.4, -0.2) is 37.7 Å². The van der Waals surface area contributed by atoms with Gasteiger partial charge in [-0.05, 0) is 26.3 Å². The minimum absolute atomic E-state index is 0.0728. The highest BCUT2D eigenvalue weighted by molar-refractivity contribution is 5.78. The number of hydrogen-bond donors (Lipinski definition) is 2. The van der Waals surface area contributed by atoms with Crippen LogP contribution in [0.15, 0.2) is 0 Å². The fraction of sp³-hybridized carbons (Fsp3) is 0.889. The molecule has 2 bridgehead atoms. The molecule has 2 aliphatic rings. The molecule has 0 aromatic rings. The van der Waals surface area contributed by atoms with Gasteiger partial charge >= 0.3 is 0 Å². The number of likely N-dealkylation sites (N-methyl/N-ethyl adjacent to an activating group) is 1. The zero-order valence-electron chi connectivity index (χ0n) is 7.88. The highest BCUT2D eigenvalue weighted by atomic mass is 16.5. The summed E-state index contributed by atoms with van der Waals surface area (Å²) in [5.41, 5.74) is 0. The molecule has 2 saturated heterocycles. The predicted octanol–water partition coefficient (Wildman–Crippen LogP) is -0.358. The van der Waals surface area contributed by atoms with E-state index in [2.05, 4.69) is 10.6 Å². The quantitative estimate of drug-likeness (QED) is 0.630. The van der Waals surface area contributed by atoms with Gasteiger partial charge in [-0.15, -0.1) is 0 Å². The lowest BCUT2D eigenvalue weighted by atomic mass is 9.95. The fourth-order valence-electron chi connectivity index (χ4n) is 2.21. The van der Waals surface area contributed by atoms with Gasteiger partial charge in [0.2, 0.25) is 5.91 Å².